The van der Waals surface area contributed by atoms with E-state index < -0.39 is 6.29 Å². The van der Waals surface area contributed by atoms with Crippen molar-refractivity contribution in [2.45, 2.75) is 38.1 Å². The van der Waals surface area contributed by atoms with Crippen LogP contribution in [0.3, 0.4) is 0 Å². The van der Waals surface area contributed by atoms with Crippen LogP contribution < -0.4 is 10.6 Å². The number of aliphatic hydroxyl groups excluding tert-OH is 1. The Kier molecular flexibility index (Phi) is 9.01. The minimum atomic E-state index is -0.577. The molecule has 3 aromatic rings. The average molecular weight is 518 g/mol. The lowest BCUT2D eigenvalue weighted by Gasteiger charge is -2.39. The van der Waals surface area contributed by atoms with Gasteiger partial charge in [-0.25, -0.2) is 4.79 Å². The number of hydrogen-bond acceptors (Lipinski definition) is 6. The van der Waals surface area contributed by atoms with Crippen molar-refractivity contribution in [3.8, 4) is 0 Å². The number of amides is 2. The van der Waals surface area contributed by atoms with Crippen LogP contribution in [0.4, 0.5) is 10.5 Å². The van der Waals surface area contributed by atoms with E-state index in [4.69, 9.17) is 14.2 Å². The largest absolute Gasteiger partial charge is 0.392 e. The number of ether oxygens (including phenoxy) is 3. The lowest BCUT2D eigenvalue weighted by atomic mass is 9.99. The zero-order valence-corrected chi connectivity index (χ0v) is 21.4. The standard InChI is InChI=1S/C30H35N3O5/c34-21-23-9-11-24(12-10-23)28-18-27(20-33-13-15-36-16-14-33)37-29(38-28)25-7-4-8-26(17-25)32-30(35)31-19-22-5-2-1-3-6-22/h1-12,17,27-29,34H,13-16,18-21H2,(H2,31,32,35)/t27-,28+,29+/m0/s1. The maximum absolute atomic E-state index is 12.5. The Morgan fingerprint density at radius 3 is 2.45 bits per heavy atom. The second-order valence-electron chi connectivity index (χ2n) is 9.68. The number of morpholine rings is 1. The molecule has 0 saturated carbocycles. The van der Waals surface area contributed by atoms with Gasteiger partial charge in [-0.15, -0.1) is 0 Å². The molecule has 2 aliphatic heterocycles. The summed E-state index contributed by atoms with van der Waals surface area (Å²) in [6, 6.07) is 25.0. The molecule has 5 rings (SSSR count). The van der Waals surface area contributed by atoms with Gasteiger partial charge in [-0.1, -0.05) is 66.7 Å². The molecule has 0 aromatic heterocycles. The fourth-order valence-electron chi connectivity index (χ4n) is 4.82. The minimum absolute atomic E-state index is 0.00984. The van der Waals surface area contributed by atoms with Gasteiger partial charge in [-0.3, -0.25) is 4.90 Å². The Morgan fingerprint density at radius 1 is 0.895 bits per heavy atom. The first kappa shape index (κ1) is 26.3. The van der Waals surface area contributed by atoms with Gasteiger partial charge in [0.15, 0.2) is 6.29 Å². The number of benzene rings is 3. The van der Waals surface area contributed by atoms with E-state index in [0.717, 1.165) is 61.5 Å². The van der Waals surface area contributed by atoms with Crippen LogP contribution in [0.1, 0.15) is 41.1 Å². The molecule has 3 atom stereocenters. The normalized spacial score (nSPS) is 22.1. The first-order valence-corrected chi connectivity index (χ1v) is 13.2. The number of nitrogens with one attached hydrogen (secondary N) is 2. The number of anilines is 1. The monoisotopic (exact) mass is 517 g/mol. The van der Waals surface area contributed by atoms with Gasteiger partial charge in [0, 0.05) is 43.9 Å². The zero-order chi connectivity index (χ0) is 26.2. The molecule has 2 heterocycles. The Balaban J connectivity index is 1.28. The number of nitrogens with zero attached hydrogens (tertiary/aromatic N) is 1. The van der Waals surface area contributed by atoms with Gasteiger partial charge >= 0.3 is 6.03 Å². The van der Waals surface area contributed by atoms with Crippen LogP contribution in [0, 0.1) is 0 Å². The second-order valence-corrected chi connectivity index (χ2v) is 9.68. The summed E-state index contributed by atoms with van der Waals surface area (Å²) in [5.41, 5.74) is 4.46. The van der Waals surface area contributed by atoms with Gasteiger partial charge in [0.2, 0.25) is 0 Å². The number of aliphatic hydroxyl groups is 1. The van der Waals surface area contributed by atoms with E-state index >= 15 is 0 Å². The summed E-state index contributed by atoms with van der Waals surface area (Å²) in [6.45, 7) is 4.50. The highest BCUT2D eigenvalue weighted by Crippen LogP contribution is 2.38. The van der Waals surface area contributed by atoms with Crippen molar-refractivity contribution in [1.29, 1.82) is 0 Å². The molecule has 2 fully saturated rings. The smallest absolute Gasteiger partial charge is 0.319 e. The van der Waals surface area contributed by atoms with Crippen LogP contribution in [0.2, 0.25) is 0 Å². The molecule has 3 N–H and O–H groups in total. The highest BCUT2D eigenvalue weighted by molar-refractivity contribution is 5.89. The maximum atomic E-state index is 12.5. The van der Waals surface area contributed by atoms with Crippen LogP contribution >= 0.6 is 0 Å². The van der Waals surface area contributed by atoms with E-state index in [-0.39, 0.29) is 24.8 Å². The first-order valence-electron chi connectivity index (χ1n) is 13.2. The van der Waals surface area contributed by atoms with Gasteiger partial charge in [0.05, 0.1) is 32.0 Å². The van der Waals surface area contributed by atoms with E-state index in [2.05, 4.69) is 15.5 Å². The lowest BCUT2D eigenvalue weighted by Crippen LogP contribution is -2.44. The van der Waals surface area contributed by atoms with Crippen molar-refractivity contribution < 1.29 is 24.1 Å². The molecule has 0 radical (unpaired) electrons. The van der Waals surface area contributed by atoms with Crippen LogP contribution in [0.15, 0.2) is 78.9 Å². The fraction of sp³-hybridized carbons (Fsp3) is 0.367. The molecule has 0 bridgehead atoms. The van der Waals surface area contributed by atoms with E-state index in [1.807, 2.05) is 78.9 Å². The molecular weight excluding hydrogens is 482 g/mol. The molecule has 8 nitrogen and oxygen atoms in total. The number of rotatable bonds is 8. The third kappa shape index (κ3) is 7.18. The molecular formula is C30H35N3O5. The van der Waals surface area contributed by atoms with Crippen molar-refractivity contribution in [1.82, 2.24) is 10.2 Å². The summed E-state index contributed by atoms with van der Waals surface area (Å²) < 4.78 is 18.4. The molecule has 2 saturated heterocycles. The van der Waals surface area contributed by atoms with Crippen LogP contribution in [0.25, 0.3) is 0 Å². The van der Waals surface area contributed by atoms with E-state index in [9.17, 15) is 9.90 Å². The van der Waals surface area contributed by atoms with E-state index in [0.29, 0.717) is 12.2 Å². The summed E-state index contributed by atoms with van der Waals surface area (Å²) in [7, 11) is 0. The molecule has 200 valence electrons. The Labute approximate surface area is 223 Å². The van der Waals surface area contributed by atoms with E-state index in [1.165, 1.54) is 0 Å². The third-order valence-corrected chi connectivity index (χ3v) is 6.89. The van der Waals surface area contributed by atoms with Gasteiger partial charge < -0.3 is 30.0 Å². The van der Waals surface area contributed by atoms with Gasteiger partial charge in [-0.2, -0.15) is 0 Å². The summed E-state index contributed by atoms with van der Waals surface area (Å²) in [5, 5.41) is 15.2. The topological polar surface area (TPSA) is 92.3 Å². The first-order chi connectivity index (χ1) is 18.7. The summed E-state index contributed by atoms with van der Waals surface area (Å²) in [6.07, 6.45) is -0.0310. The molecule has 3 aromatic carbocycles. The predicted molar refractivity (Wildman–Crippen MR) is 144 cm³/mol. The number of hydrogen-bond donors (Lipinski definition) is 3. The van der Waals surface area contributed by atoms with Crippen molar-refractivity contribution in [2.75, 3.05) is 38.2 Å². The van der Waals surface area contributed by atoms with Crippen LogP contribution in [-0.2, 0) is 27.4 Å². The number of carbonyl (C=O) groups is 1. The van der Waals surface area contributed by atoms with Crippen molar-refractivity contribution in [3.63, 3.8) is 0 Å². The fourth-order valence-corrected chi connectivity index (χ4v) is 4.82. The number of carbonyl (C=O) groups excluding carboxylic acids is 1. The third-order valence-electron chi connectivity index (χ3n) is 6.89. The van der Waals surface area contributed by atoms with Crippen molar-refractivity contribution >= 4 is 11.7 Å². The maximum Gasteiger partial charge on any atom is 0.319 e. The minimum Gasteiger partial charge on any atom is -0.392 e. The highest BCUT2D eigenvalue weighted by Gasteiger charge is 2.33. The predicted octanol–water partition coefficient (Wildman–Crippen LogP) is 4.38. The zero-order valence-electron chi connectivity index (χ0n) is 21.4. The van der Waals surface area contributed by atoms with E-state index in [1.54, 1.807) is 0 Å². The quantitative estimate of drug-likeness (QED) is 0.411. The molecule has 8 heteroatoms. The SMILES string of the molecule is O=C(NCc1ccccc1)Nc1cccc([C@@H]2O[C@H](CN3CCOCC3)C[C@H](c3ccc(CO)cc3)O2)c1. The van der Waals surface area contributed by atoms with Crippen molar-refractivity contribution in [3.05, 3.63) is 101 Å². The molecule has 2 aliphatic rings. The Bertz CT molecular complexity index is 1170. The number of urea groups is 1. The molecule has 0 aliphatic carbocycles. The summed E-state index contributed by atoms with van der Waals surface area (Å²) in [4.78, 5) is 14.9. The van der Waals surface area contributed by atoms with Crippen LogP contribution in [-0.4, -0.2) is 55.0 Å². The molecule has 0 unspecified atom stereocenters. The second kappa shape index (κ2) is 13.0. The lowest BCUT2D eigenvalue weighted by molar-refractivity contribution is -0.253. The summed E-state index contributed by atoms with van der Waals surface area (Å²) in [5.74, 6) is 0. The Hall–Kier alpha value is -3.27. The van der Waals surface area contributed by atoms with Gasteiger partial charge in [0.1, 0.15) is 0 Å². The average Bonchev–Trinajstić information content (AvgIpc) is 2.97. The van der Waals surface area contributed by atoms with Crippen molar-refractivity contribution in [2.24, 2.45) is 0 Å². The molecule has 38 heavy (non-hydrogen) atoms. The van der Waals surface area contributed by atoms with Crippen LogP contribution in [0.5, 0.6) is 0 Å². The highest BCUT2D eigenvalue weighted by atomic mass is 16.7. The molecule has 2 amide bonds. The van der Waals surface area contributed by atoms with Gasteiger partial charge in [-0.05, 0) is 28.8 Å². The molecule has 0 spiro atoms. The Morgan fingerprint density at radius 2 is 1.68 bits per heavy atom. The van der Waals surface area contributed by atoms with Gasteiger partial charge in [0.25, 0.3) is 0 Å². The summed E-state index contributed by atoms with van der Waals surface area (Å²) >= 11 is 0.